The molecule has 0 saturated carbocycles. The Morgan fingerprint density at radius 2 is 2.26 bits per heavy atom. The third-order valence-corrected chi connectivity index (χ3v) is 3.77. The minimum Gasteiger partial charge on any atom is -0.508 e. The zero-order chi connectivity index (χ0) is 19.4. The quantitative estimate of drug-likeness (QED) is 0.564. The highest BCUT2D eigenvalue weighted by Gasteiger charge is 2.23. The number of aromatic hydroxyl groups is 1. The summed E-state index contributed by atoms with van der Waals surface area (Å²) in [5.41, 5.74) is 4.15. The zero-order valence-corrected chi connectivity index (χ0v) is 15.0. The van der Waals surface area contributed by atoms with Gasteiger partial charge in [-0.05, 0) is 30.2 Å². The first-order valence-electron chi connectivity index (χ1n) is 8.56. The molecule has 0 atom stereocenters. The molecule has 0 saturated heterocycles. The smallest absolute Gasteiger partial charge is 0.258 e. The number of nitrogens with one attached hydrogen (secondary N) is 2. The van der Waals surface area contributed by atoms with Crippen LogP contribution in [-0.4, -0.2) is 35.1 Å². The summed E-state index contributed by atoms with van der Waals surface area (Å²) in [6, 6.07) is 5.99. The molecule has 3 rings (SSSR count). The number of fused-ring (bicyclic) bond motifs is 1. The SMILES string of the molecule is CC(C)CN=C(N=C1NN=C2C=C(F)CC=C21)NC(=O)c1cccc(O)c1. The molecule has 0 aromatic heterocycles. The van der Waals surface area contributed by atoms with E-state index in [4.69, 9.17) is 0 Å². The van der Waals surface area contributed by atoms with Gasteiger partial charge in [0.15, 0.2) is 5.84 Å². The van der Waals surface area contributed by atoms with Crippen molar-refractivity contribution in [1.82, 2.24) is 10.7 Å². The van der Waals surface area contributed by atoms with Crippen molar-refractivity contribution in [2.24, 2.45) is 21.0 Å². The summed E-state index contributed by atoms with van der Waals surface area (Å²) in [7, 11) is 0. The van der Waals surface area contributed by atoms with Crippen LogP contribution in [0, 0.1) is 5.92 Å². The Morgan fingerprint density at radius 1 is 1.44 bits per heavy atom. The van der Waals surface area contributed by atoms with Gasteiger partial charge in [0.1, 0.15) is 11.6 Å². The van der Waals surface area contributed by atoms with E-state index in [0.29, 0.717) is 23.7 Å². The van der Waals surface area contributed by atoms with E-state index in [1.807, 2.05) is 13.8 Å². The molecule has 2 aliphatic rings. The average Bonchev–Trinajstić information content (AvgIpc) is 3.01. The Kier molecular flexibility index (Phi) is 5.44. The molecule has 0 radical (unpaired) electrons. The molecule has 1 aromatic rings. The van der Waals surface area contributed by atoms with Crippen LogP contribution < -0.4 is 10.7 Å². The lowest BCUT2D eigenvalue weighted by Crippen LogP contribution is -2.32. The highest BCUT2D eigenvalue weighted by atomic mass is 19.1. The van der Waals surface area contributed by atoms with Gasteiger partial charge in [0.2, 0.25) is 5.96 Å². The standard InChI is InChI=1S/C19H20FN5O2/c1-11(2)10-21-19(23-18(27)12-4-3-5-14(26)8-12)22-17-15-7-6-13(20)9-16(15)24-25-17/h3-5,7-9,11,26H,6,10H2,1-2H3,(H2,21,22,23,25,27). The van der Waals surface area contributed by atoms with Gasteiger partial charge >= 0.3 is 0 Å². The Balaban J connectivity index is 1.83. The number of carbonyl (C=O) groups excluding carboxylic acids is 1. The normalized spacial score (nSPS) is 17.9. The zero-order valence-electron chi connectivity index (χ0n) is 15.0. The van der Waals surface area contributed by atoms with Gasteiger partial charge < -0.3 is 5.11 Å². The van der Waals surface area contributed by atoms with Crippen LogP contribution in [0.1, 0.15) is 30.6 Å². The molecule has 0 unspecified atom stereocenters. The number of phenols is 1. The molecule has 0 fully saturated rings. The Morgan fingerprint density at radius 3 is 3.00 bits per heavy atom. The number of phenolic OH excluding ortho intramolecular Hbond substituents is 1. The fraction of sp³-hybridized carbons (Fsp3) is 0.263. The minimum absolute atomic E-state index is 0.00805. The number of hydrogen-bond acceptors (Lipinski definition) is 4. The van der Waals surface area contributed by atoms with Crippen molar-refractivity contribution in [3.63, 3.8) is 0 Å². The highest BCUT2D eigenvalue weighted by Crippen LogP contribution is 2.20. The van der Waals surface area contributed by atoms with Crippen molar-refractivity contribution < 1.29 is 14.3 Å². The molecular weight excluding hydrogens is 349 g/mol. The largest absolute Gasteiger partial charge is 0.508 e. The fourth-order valence-corrected chi connectivity index (χ4v) is 2.46. The van der Waals surface area contributed by atoms with Gasteiger partial charge in [-0.25, -0.2) is 4.39 Å². The highest BCUT2D eigenvalue weighted by molar-refractivity contribution is 6.32. The van der Waals surface area contributed by atoms with Crippen LogP contribution in [0.25, 0.3) is 0 Å². The summed E-state index contributed by atoms with van der Waals surface area (Å²) >= 11 is 0. The summed E-state index contributed by atoms with van der Waals surface area (Å²) in [6.45, 7) is 4.46. The molecule has 1 heterocycles. The lowest BCUT2D eigenvalue weighted by Gasteiger charge is -2.09. The molecule has 0 spiro atoms. The van der Waals surface area contributed by atoms with Crippen LogP contribution in [0.2, 0.25) is 0 Å². The maximum Gasteiger partial charge on any atom is 0.258 e. The van der Waals surface area contributed by atoms with Crippen LogP contribution in [0.3, 0.4) is 0 Å². The number of benzene rings is 1. The van der Waals surface area contributed by atoms with Crippen molar-refractivity contribution in [1.29, 1.82) is 0 Å². The molecule has 140 valence electrons. The molecule has 1 aromatic carbocycles. The number of guanidine groups is 1. The molecule has 1 aliphatic heterocycles. The number of hydrogen-bond donors (Lipinski definition) is 3. The Hall–Kier alpha value is -3.29. The van der Waals surface area contributed by atoms with Gasteiger partial charge in [-0.3, -0.25) is 20.5 Å². The lowest BCUT2D eigenvalue weighted by molar-refractivity contribution is 0.0976. The van der Waals surface area contributed by atoms with E-state index in [-0.39, 0.29) is 35.4 Å². The van der Waals surface area contributed by atoms with E-state index >= 15 is 0 Å². The van der Waals surface area contributed by atoms with Crippen molar-refractivity contribution in [2.75, 3.05) is 6.54 Å². The number of halogens is 1. The maximum absolute atomic E-state index is 13.4. The molecule has 1 aliphatic carbocycles. The van der Waals surface area contributed by atoms with E-state index in [1.165, 1.54) is 18.2 Å². The minimum atomic E-state index is -0.444. The molecule has 8 heteroatoms. The molecular formula is C19H20FN5O2. The van der Waals surface area contributed by atoms with E-state index in [1.54, 1.807) is 18.2 Å². The topological polar surface area (TPSA) is 98.4 Å². The number of amides is 1. The second-order valence-corrected chi connectivity index (χ2v) is 6.54. The van der Waals surface area contributed by atoms with Crippen molar-refractivity contribution in [2.45, 2.75) is 20.3 Å². The molecule has 27 heavy (non-hydrogen) atoms. The predicted molar refractivity (Wildman–Crippen MR) is 103 cm³/mol. The number of nitrogens with zero attached hydrogens (tertiary/aromatic N) is 3. The molecule has 0 bridgehead atoms. The van der Waals surface area contributed by atoms with Crippen LogP contribution in [0.5, 0.6) is 5.75 Å². The second-order valence-electron chi connectivity index (χ2n) is 6.54. The van der Waals surface area contributed by atoms with Crippen molar-refractivity contribution in [3.8, 4) is 5.75 Å². The molecule has 3 N–H and O–H groups in total. The number of hydrazone groups is 1. The molecule has 1 amide bonds. The van der Waals surface area contributed by atoms with Gasteiger partial charge in [-0.2, -0.15) is 10.1 Å². The van der Waals surface area contributed by atoms with E-state index in [0.717, 1.165) is 0 Å². The lowest BCUT2D eigenvalue weighted by atomic mass is 10.0. The van der Waals surface area contributed by atoms with Gasteiger partial charge in [0, 0.05) is 24.1 Å². The van der Waals surface area contributed by atoms with Crippen LogP contribution in [-0.2, 0) is 0 Å². The first-order chi connectivity index (χ1) is 12.9. The Labute approximate surface area is 156 Å². The summed E-state index contributed by atoms with van der Waals surface area (Å²) in [5, 5.41) is 16.2. The van der Waals surface area contributed by atoms with Crippen LogP contribution in [0.15, 0.2) is 62.9 Å². The Bertz CT molecular complexity index is 912. The first kappa shape index (κ1) is 18.5. The van der Waals surface area contributed by atoms with Crippen molar-refractivity contribution >= 4 is 23.4 Å². The second kappa shape index (κ2) is 7.94. The number of amidine groups is 1. The first-order valence-corrected chi connectivity index (χ1v) is 8.56. The van der Waals surface area contributed by atoms with Gasteiger partial charge in [0.25, 0.3) is 5.91 Å². The monoisotopic (exact) mass is 369 g/mol. The predicted octanol–water partition coefficient (Wildman–Crippen LogP) is 2.68. The van der Waals surface area contributed by atoms with Crippen LogP contribution >= 0.6 is 0 Å². The number of allylic oxidation sites excluding steroid dienone is 3. The summed E-state index contributed by atoms with van der Waals surface area (Å²) < 4.78 is 13.4. The number of aliphatic imine (C=N–C) groups is 2. The number of rotatable bonds is 3. The van der Waals surface area contributed by atoms with E-state index in [2.05, 4.69) is 25.8 Å². The third-order valence-electron chi connectivity index (χ3n) is 3.77. The number of carbonyl (C=O) groups is 1. The average molecular weight is 369 g/mol. The fourth-order valence-electron chi connectivity index (χ4n) is 2.46. The van der Waals surface area contributed by atoms with E-state index < -0.39 is 5.91 Å². The third kappa shape index (κ3) is 4.66. The summed E-state index contributed by atoms with van der Waals surface area (Å²) in [5.74, 6) is 0.0599. The molecule has 7 nitrogen and oxygen atoms in total. The summed E-state index contributed by atoms with van der Waals surface area (Å²) in [4.78, 5) is 21.2. The maximum atomic E-state index is 13.4. The van der Waals surface area contributed by atoms with Crippen molar-refractivity contribution in [3.05, 3.63) is 53.4 Å². The summed E-state index contributed by atoms with van der Waals surface area (Å²) in [6.07, 6.45) is 3.20. The van der Waals surface area contributed by atoms with Gasteiger partial charge in [-0.15, -0.1) is 0 Å². The van der Waals surface area contributed by atoms with Gasteiger partial charge in [-0.1, -0.05) is 26.0 Å². The van der Waals surface area contributed by atoms with Gasteiger partial charge in [0.05, 0.1) is 5.71 Å². The van der Waals surface area contributed by atoms with E-state index in [9.17, 15) is 14.3 Å². The van der Waals surface area contributed by atoms with Crippen LogP contribution in [0.4, 0.5) is 4.39 Å².